The molecule has 1 aromatic carbocycles. The number of hydrogen-bond acceptors (Lipinski definition) is 5. The molecule has 2 aliphatic rings. The maximum Gasteiger partial charge on any atom is 0.141 e. The Morgan fingerprint density at radius 2 is 2.07 bits per heavy atom. The summed E-state index contributed by atoms with van der Waals surface area (Å²) >= 11 is 5.75. The fourth-order valence-corrected chi connectivity index (χ4v) is 3.75. The summed E-state index contributed by atoms with van der Waals surface area (Å²) in [7, 11) is 1.80. The molecular weight excluding hydrogens is 372 g/mol. The van der Waals surface area contributed by atoms with E-state index in [0.717, 1.165) is 28.5 Å². The predicted molar refractivity (Wildman–Crippen MR) is 115 cm³/mol. The lowest BCUT2D eigenvalue weighted by atomic mass is 9.85. The van der Waals surface area contributed by atoms with Gasteiger partial charge in [-0.15, -0.1) is 0 Å². The van der Waals surface area contributed by atoms with Gasteiger partial charge in [0.25, 0.3) is 0 Å². The Kier molecular flexibility index (Phi) is 6.62. The highest BCUT2D eigenvalue weighted by Gasteiger charge is 2.22. The molecule has 0 unspecified atom stereocenters. The molecule has 0 radical (unpaired) electrons. The summed E-state index contributed by atoms with van der Waals surface area (Å²) < 4.78 is 0. The number of rotatable bonds is 2. The summed E-state index contributed by atoms with van der Waals surface area (Å²) in [5, 5.41) is 15.1. The highest BCUT2D eigenvalue weighted by molar-refractivity contribution is 6.32. The molecule has 1 aliphatic heterocycles. The Bertz CT molecular complexity index is 915. The monoisotopic (exact) mass is 396 g/mol. The number of nitrogens with two attached hydrogens (primary N) is 1. The maximum atomic E-state index is 8.53. The van der Waals surface area contributed by atoms with E-state index in [1.165, 1.54) is 32.1 Å². The summed E-state index contributed by atoms with van der Waals surface area (Å²) in [5.74, 6) is 1.43. The molecule has 5 N–H and O–H groups in total. The molecule has 1 aromatic heterocycles. The summed E-state index contributed by atoms with van der Waals surface area (Å²) in [6.45, 7) is 0. The van der Waals surface area contributed by atoms with Crippen LogP contribution in [0.5, 0.6) is 0 Å². The molecular formula is C21H25ClN6. The molecule has 1 aliphatic carbocycles. The number of hydrogen-bond donors (Lipinski definition) is 4. The van der Waals surface area contributed by atoms with Crippen molar-refractivity contribution < 1.29 is 0 Å². The SMILES string of the molecule is CNc1ccc(C#N)c(Cl)c1.N/C(=C1\NC=Nc2[nH]ccc21)C1CCCCC1. The van der Waals surface area contributed by atoms with Gasteiger partial charge in [0.1, 0.15) is 11.9 Å². The number of aromatic amines is 1. The first kappa shape index (κ1) is 19.8. The standard InChI is InChI=1S/C13H18N4.C8H7ClN2/c14-11(9-4-2-1-3-5-9)12-10-6-7-15-13(10)17-8-16-12;1-11-7-3-2-6(5-10)8(9)4-7/h6-9,15H,1-5,14H2,(H,16,17);2-4,11H,1H3/b12-11-;. The molecule has 0 saturated heterocycles. The van der Waals surface area contributed by atoms with Crippen LogP contribution in [0, 0.1) is 17.2 Å². The Labute approximate surface area is 170 Å². The summed E-state index contributed by atoms with van der Waals surface area (Å²) in [6, 6.07) is 9.24. The number of aliphatic imine (C=N–C) groups is 1. The normalized spacial score (nSPS) is 17.5. The van der Waals surface area contributed by atoms with Gasteiger partial charge in [-0.2, -0.15) is 5.26 Å². The minimum Gasteiger partial charge on any atom is -0.400 e. The van der Waals surface area contributed by atoms with Crippen molar-refractivity contribution in [3.63, 3.8) is 0 Å². The fraction of sp³-hybridized carbons (Fsp3) is 0.333. The Morgan fingerprint density at radius 1 is 1.29 bits per heavy atom. The highest BCUT2D eigenvalue weighted by Crippen LogP contribution is 2.33. The molecule has 2 heterocycles. The second-order valence-corrected chi connectivity index (χ2v) is 7.27. The predicted octanol–water partition coefficient (Wildman–Crippen LogP) is 4.74. The molecule has 28 heavy (non-hydrogen) atoms. The zero-order chi connectivity index (χ0) is 19.9. The van der Waals surface area contributed by atoms with E-state index in [9.17, 15) is 0 Å². The first-order valence-corrected chi connectivity index (χ1v) is 9.85. The van der Waals surface area contributed by atoms with Gasteiger partial charge in [0.05, 0.1) is 22.6 Å². The van der Waals surface area contributed by atoms with Crippen LogP contribution in [0.1, 0.15) is 43.2 Å². The van der Waals surface area contributed by atoms with Gasteiger partial charge in [-0.25, -0.2) is 4.99 Å². The van der Waals surface area contributed by atoms with Crippen molar-refractivity contribution in [3.8, 4) is 6.07 Å². The number of nitrogens with one attached hydrogen (secondary N) is 3. The molecule has 1 saturated carbocycles. The van der Waals surface area contributed by atoms with Crippen LogP contribution in [-0.4, -0.2) is 18.4 Å². The van der Waals surface area contributed by atoms with Crippen LogP contribution in [0.2, 0.25) is 5.02 Å². The third-order valence-corrected chi connectivity index (χ3v) is 5.42. The second kappa shape index (κ2) is 9.34. The smallest absolute Gasteiger partial charge is 0.141 e. The number of fused-ring (bicyclic) bond motifs is 1. The number of benzene rings is 1. The van der Waals surface area contributed by atoms with Gasteiger partial charge in [0, 0.05) is 36.1 Å². The van der Waals surface area contributed by atoms with E-state index in [1.54, 1.807) is 25.5 Å². The van der Waals surface area contributed by atoms with Crippen molar-refractivity contribution in [3.05, 3.63) is 52.3 Å². The molecule has 1 fully saturated rings. The van der Waals surface area contributed by atoms with Crippen LogP contribution in [-0.2, 0) is 0 Å². The van der Waals surface area contributed by atoms with E-state index < -0.39 is 0 Å². The van der Waals surface area contributed by atoms with Gasteiger partial charge in [0.15, 0.2) is 0 Å². The molecule has 7 heteroatoms. The van der Waals surface area contributed by atoms with Crippen LogP contribution < -0.4 is 16.4 Å². The topological polar surface area (TPSA) is 102 Å². The number of anilines is 1. The van der Waals surface area contributed by atoms with Crippen molar-refractivity contribution in [1.29, 1.82) is 5.26 Å². The van der Waals surface area contributed by atoms with Gasteiger partial charge in [-0.05, 0) is 37.1 Å². The van der Waals surface area contributed by atoms with Crippen molar-refractivity contribution in [1.82, 2.24) is 10.3 Å². The number of halogens is 1. The largest absolute Gasteiger partial charge is 0.400 e. The Hall–Kier alpha value is -2.91. The first-order chi connectivity index (χ1) is 13.6. The molecule has 146 valence electrons. The molecule has 0 amide bonds. The van der Waals surface area contributed by atoms with Crippen LogP contribution in [0.15, 0.2) is 41.2 Å². The van der Waals surface area contributed by atoms with E-state index >= 15 is 0 Å². The van der Waals surface area contributed by atoms with E-state index in [4.69, 9.17) is 22.6 Å². The first-order valence-electron chi connectivity index (χ1n) is 9.48. The number of allylic oxidation sites excluding steroid dienone is 1. The molecule has 0 spiro atoms. The lowest BCUT2D eigenvalue weighted by Gasteiger charge is -2.25. The molecule has 0 bridgehead atoms. The summed E-state index contributed by atoms with van der Waals surface area (Å²) in [5.41, 5.74) is 10.9. The van der Waals surface area contributed by atoms with Gasteiger partial charge in [0.2, 0.25) is 0 Å². The van der Waals surface area contributed by atoms with Crippen LogP contribution in [0.3, 0.4) is 0 Å². The summed E-state index contributed by atoms with van der Waals surface area (Å²) in [6.07, 6.45) is 10.00. The van der Waals surface area contributed by atoms with E-state index in [1.807, 2.05) is 24.4 Å². The number of aromatic nitrogens is 1. The number of nitriles is 1. The lowest BCUT2D eigenvalue weighted by molar-refractivity contribution is 0.400. The van der Waals surface area contributed by atoms with Crippen molar-refractivity contribution >= 4 is 35.1 Å². The van der Waals surface area contributed by atoms with Crippen molar-refractivity contribution in [2.75, 3.05) is 12.4 Å². The van der Waals surface area contributed by atoms with Crippen molar-refractivity contribution in [2.45, 2.75) is 32.1 Å². The third kappa shape index (κ3) is 4.49. The number of H-pyrrole nitrogens is 1. The third-order valence-electron chi connectivity index (χ3n) is 5.11. The maximum absolute atomic E-state index is 8.53. The average molecular weight is 397 g/mol. The van der Waals surface area contributed by atoms with Gasteiger partial charge < -0.3 is 21.4 Å². The minimum atomic E-state index is 0.486. The lowest BCUT2D eigenvalue weighted by Crippen LogP contribution is -2.24. The summed E-state index contributed by atoms with van der Waals surface area (Å²) in [4.78, 5) is 7.37. The second-order valence-electron chi connectivity index (χ2n) is 6.86. The number of nitrogens with zero attached hydrogens (tertiary/aromatic N) is 2. The highest BCUT2D eigenvalue weighted by atomic mass is 35.5. The van der Waals surface area contributed by atoms with Gasteiger partial charge in [-0.3, -0.25) is 0 Å². The fourth-order valence-electron chi connectivity index (χ4n) is 3.53. The molecule has 6 nitrogen and oxygen atoms in total. The van der Waals surface area contributed by atoms with Gasteiger partial charge >= 0.3 is 0 Å². The molecule has 0 atom stereocenters. The van der Waals surface area contributed by atoms with Crippen molar-refractivity contribution in [2.24, 2.45) is 16.6 Å². The Balaban J connectivity index is 0.000000178. The van der Waals surface area contributed by atoms with Crippen LogP contribution in [0.25, 0.3) is 5.70 Å². The van der Waals surface area contributed by atoms with Crippen LogP contribution in [0.4, 0.5) is 11.5 Å². The van der Waals surface area contributed by atoms with Crippen LogP contribution >= 0.6 is 11.6 Å². The molecule has 2 aromatic rings. The zero-order valence-corrected chi connectivity index (χ0v) is 16.7. The quantitative estimate of drug-likeness (QED) is 0.588. The molecule has 4 rings (SSSR count). The van der Waals surface area contributed by atoms with E-state index in [-0.39, 0.29) is 0 Å². The zero-order valence-electron chi connectivity index (χ0n) is 15.9. The minimum absolute atomic E-state index is 0.486. The van der Waals surface area contributed by atoms with E-state index in [0.29, 0.717) is 16.5 Å². The Morgan fingerprint density at radius 3 is 2.75 bits per heavy atom. The van der Waals surface area contributed by atoms with Gasteiger partial charge in [-0.1, -0.05) is 30.9 Å². The average Bonchev–Trinajstić information content (AvgIpc) is 3.23. The van der Waals surface area contributed by atoms with E-state index in [2.05, 4.69) is 20.6 Å².